The van der Waals surface area contributed by atoms with Crippen LogP contribution in [0.25, 0.3) is 10.6 Å². The maximum absolute atomic E-state index is 12.4. The summed E-state index contributed by atoms with van der Waals surface area (Å²) < 4.78 is 4.99. The molecule has 1 heterocycles. The van der Waals surface area contributed by atoms with E-state index in [4.69, 9.17) is 4.74 Å². The number of aliphatic carboxylic acids is 1. The average molecular weight is 458 g/mol. The summed E-state index contributed by atoms with van der Waals surface area (Å²) in [6, 6.07) is 6.81. The number of amides is 1. The Morgan fingerprint density at radius 3 is 2.62 bits per heavy atom. The number of nitrogens with zero attached hydrogens (tertiary/aromatic N) is 2. The summed E-state index contributed by atoms with van der Waals surface area (Å²) in [5.74, 6) is -1.34. The minimum absolute atomic E-state index is 0.0894. The fourth-order valence-electron chi connectivity index (χ4n) is 2.92. The molecule has 1 amide bonds. The zero-order valence-electron chi connectivity index (χ0n) is 18.2. The molecule has 0 saturated heterocycles. The van der Waals surface area contributed by atoms with E-state index in [1.807, 2.05) is 0 Å². The Morgan fingerprint density at radius 2 is 2.00 bits per heavy atom. The number of nitrogens with one attached hydrogen (secondary N) is 1. The maximum Gasteiger partial charge on any atom is 0.337 e. The number of aromatic nitrogens is 1. The van der Waals surface area contributed by atoms with E-state index < -0.39 is 5.97 Å². The third-order valence-corrected chi connectivity index (χ3v) is 5.71. The SMILES string of the molecule is C/C=C(NC(=O)CCc1cnc(-c2ccc(N=O)cc2)s1)\C(=C/CCCCOC)C(=O)O. The number of hydrogen-bond donors (Lipinski definition) is 2. The topological polar surface area (TPSA) is 118 Å². The number of rotatable bonds is 13. The highest BCUT2D eigenvalue weighted by Gasteiger charge is 2.15. The lowest BCUT2D eigenvalue weighted by Crippen LogP contribution is -2.26. The molecule has 2 aromatic rings. The van der Waals surface area contributed by atoms with Gasteiger partial charge in [-0.1, -0.05) is 12.2 Å². The van der Waals surface area contributed by atoms with Crippen LogP contribution in [0.5, 0.6) is 0 Å². The molecule has 0 aliphatic rings. The predicted octanol–water partition coefficient (Wildman–Crippen LogP) is 4.99. The third-order valence-electron chi connectivity index (χ3n) is 4.61. The maximum atomic E-state index is 12.4. The van der Waals surface area contributed by atoms with Crippen molar-refractivity contribution in [3.05, 3.63) is 63.7 Å². The Balaban J connectivity index is 1.92. The van der Waals surface area contributed by atoms with Gasteiger partial charge in [-0.15, -0.1) is 16.2 Å². The summed E-state index contributed by atoms with van der Waals surface area (Å²) in [7, 11) is 1.63. The van der Waals surface area contributed by atoms with Crippen LogP contribution in [0, 0.1) is 4.91 Å². The molecule has 2 rings (SSSR count). The second-order valence-electron chi connectivity index (χ2n) is 6.93. The number of carboxylic acids is 1. The van der Waals surface area contributed by atoms with Crippen LogP contribution in [0.4, 0.5) is 5.69 Å². The molecular formula is C23H27N3O5S. The minimum Gasteiger partial charge on any atom is -0.478 e. The lowest BCUT2D eigenvalue weighted by molar-refractivity contribution is -0.132. The van der Waals surface area contributed by atoms with Crippen LogP contribution in [-0.4, -0.2) is 35.7 Å². The van der Waals surface area contributed by atoms with E-state index in [1.54, 1.807) is 56.6 Å². The fraction of sp³-hybridized carbons (Fsp3) is 0.348. The van der Waals surface area contributed by atoms with Crippen molar-refractivity contribution in [2.75, 3.05) is 13.7 Å². The normalized spacial score (nSPS) is 11.9. The molecule has 8 nitrogen and oxygen atoms in total. The first-order chi connectivity index (χ1) is 15.5. The van der Waals surface area contributed by atoms with Crippen LogP contribution in [0.15, 0.2) is 59.1 Å². The second-order valence-corrected chi connectivity index (χ2v) is 8.05. The zero-order chi connectivity index (χ0) is 23.3. The highest BCUT2D eigenvalue weighted by molar-refractivity contribution is 7.15. The number of unbranched alkanes of at least 4 members (excludes halogenated alkanes) is 2. The number of methoxy groups -OCH3 is 1. The summed E-state index contributed by atoms with van der Waals surface area (Å²) in [6.45, 7) is 2.32. The lowest BCUT2D eigenvalue weighted by atomic mass is 10.1. The van der Waals surface area contributed by atoms with Crippen LogP contribution in [0.3, 0.4) is 0 Å². The largest absolute Gasteiger partial charge is 0.478 e. The molecule has 0 fully saturated rings. The molecule has 0 unspecified atom stereocenters. The molecule has 0 aliphatic heterocycles. The number of ether oxygens (including phenoxy) is 1. The van der Waals surface area contributed by atoms with Crippen molar-refractivity contribution in [1.29, 1.82) is 0 Å². The number of carbonyl (C=O) groups is 2. The Morgan fingerprint density at radius 1 is 1.25 bits per heavy atom. The van der Waals surface area contributed by atoms with Gasteiger partial charge in [-0.2, -0.15) is 0 Å². The van der Waals surface area contributed by atoms with Gasteiger partial charge in [-0.05, 0) is 62.0 Å². The van der Waals surface area contributed by atoms with Gasteiger partial charge in [-0.25, -0.2) is 9.78 Å². The Kier molecular flexibility index (Phi) is 10.4. The van der Waals surface area contributed by atoms with E-state index in [0.29, 0.717) is 30.8 Å². The molecule has 170 valence electrons. The lowest BCUT2D eigenvalue weighted by Gasteiger charge is -2.10. The first kappa shape index (κ1) is 25.1. The van der Waals surface area contributed by atoms with Crippen molar-refractivity contribution in [3.63, 3.8) is 0 Å². The second kappa shape index (κ2) is 13.3. The molecule has 1 aromatic carbocycles. The van der Waals surface area contributed by atoms with E-state index in [0.717, 1.165) is 28.3 Å². The first-order valence-electron chi connectivity index (χ1n) is 10.3. The number of carbonyl (C=O) groups excluding carboxylic acids is 1. The number of nitroso groups, excluding NO2 is 1. The zero-order valence-corrected chi connectivity index (χ0v) is 19.0. The first-order valence-corrected chi connectivity index (χ1v) is 11.1. The van der Waals surface area contributed by atoms with Crippen molar-refractivity contribution in [2.24, 2.45) is 5.18 Å². The van der Waals surface area contributed by atoms with Gasteiger partial charge in [-0.3, -0.25) is 4.79 Å². The van der Waals surface area contributed by atoms with Crippen molar-refractivity contribution in [3.8, 4) is 10.6 Å². The van der Waals surface area contributed by atoms with Gasteiger partial charge >= 0.3 is 5.97 Å². The number of aryl methyl sites for hydroxylation is 1. The number of benzene rings is 1. The van der Waals surface area contributed by atoms with E-state index in [2.05, 4.69) is 15.5 Å². The average Bonchev–Trinajstić information content (AvgIpc) is 3.28. The van der Waals surface area contributed by atoms with Gasteiger partial charge in [0.2, 0.25) is 5.91 Å². The van der Waals surface area contributed by atoms with Gasteiger partial charge in [0.05, 0.1) is 11.3 Å². The number of allylic oxidation sites excluding steroid dienone is 2. The van der Waals surface area contributed by atoms with Crippen LogP contribution in [-0.2, 0) is 20.7 Å². The molecule has 0 atom stereocenters. The van der Waals surface area contributed by atoms with E-state index in [9.17, 15) is 19.6 Å². The van der Waals surface area contributed by atoms with Crippen LogP contribution >= 0.6 is 11.3 Å². The van der Waals surface area contributed by atoms with Crippen LogP contribution < -0.4 is 5.32 Å². The van der Waals surface area contributed by atoms with Crippen LogP contribution in [0.1, 0.15) is 37.5 Å². The molecule has 0 bridgehead atoms. The minimum atomic E-state index is -1.08. The van der Waals surface area contributed by atoms with E-state index >= 15 is 0 Å². The van der Waals surface area contributed by atoms with Crippen molar-refractivity contribution in [2.45, 2.75) is 39.0 Å². The van der Waals surface area contributed by atoms with Crippen LogP contribution in [0.2, 0.25) is 0 Å². The van der Waals surface area contributed by atoms with Gasteiger partial charge in [0.25, 0.3) is 0 Å². The molecule has 9 heteroatoms. The van der Waals surface area contributed by atoms with Gasteiger partial charge < -0.3 is 15.2 Å². The van der Waals surface area contributed by atoms with Gasteiger partial charge in [0.15, 0.2) is 0 Å². The van der Waals surface area contributed by atoms with Crippen molar-refractivity contribution in [1.82, 2.24) is 10.3 Å². The van der Waals surface area contributed by atoms with E-state index in [1.165, 1.54) is 11.3 Å². The highest BCUT2D eigenvalue weighted by Crippen LogP contribution is 2.27. The molecule has 0 spiro atoms. The Labute approximate surface area is 191 Å². The molecule has 1 aromatic heterocycles. The Bertz CT molecular complexity index is 980. The monoisotopic (exact) mass is 457 g/mol. The summed E-state index contributed by atoms with van der Waals surface area (Å²) in [5, 5.41) is 15.9. The summed E-state index contributed by atoms with van der Waals surface area (Å²) in [6.07, 6.45) is 7.86. The molecule has 0 radical (unpaired) electrons. The smallest absolute Gasteiger partial charge is 0.337 e. The summed E-state index contributed by atoms with van der Waals surface area (Å²) in [5.41, 5.74) is 1.61. The standard InChI is InChI=1S/C23H27N3O5S/c1-3-20(19(23(28)29)7-5-4-6-14-31-2)25-21(27)13-12-18-15-24-22(32-18)16-8-10-17(26-30)11-9-16/h3,7-11,15H,4-6,12-14H2,1-2H3,(H,25,27)(H,28,29)/b19-7+,20-3+. The Hall–Kier alpha value is -3.17. The van der Waals surface area contributed by atoms with Crippen molar-refractivity contribution < 1.29 is 19.4 Å². The fourth-order valence-corrected chi connectivity index (χ4v) is 3.83. The highest BCUT2D eigenvalue weighted by atomic mass is 32.1. The molecular weight excluding hydrogens is 430 g/mol. The van der Waals surface area contributed by atoms with E-state index in [-0.39, 0.29) is 17.9 Å². The summed E-state index contributed by atoms with van der Waals surface area (Å²) in [4.78, 5) is 39.9. The summed E-state index contributed by atoms with van der Waals surface area (Å²) >= 11 is 1.46. The van der Waals surface area contributed by atoms with Gasteiger partial charge in [0.1, 0.15) is 10.7 Å². The van der Waals surface area contributed by atoms with Crippen molar-refractivity contribution >= 4 is 28.9 Å². The molecule has 0 saturated carbocycles. The number of hydrogen-bond acceptors (Lipinski definition) is 7. The number of thiazole rings is 1. The number of carboxylic acid groups (broad SMARTS) is 1. The molecule has 0 aliphatic carbocycles. The molecule has 2 N–H and O–H groups in total. The quantitative estimate of drug-likeness (QED) is 0.189. The third kappa shape index (κ3) is 7.82. The predicted molar refractivity (Wildman–Crippen MR) is 125 cm³/mol. The molecule has 32 heavy (non-hydrogen) atoms. The van der Waals surface area contributed by atoms with Gasteiger partial charge in [0, 0.05) is 36.8 Å².